The minimum atomic E-state index is -1.35. The van der Waals surface area contributed by atoms with Gasteiger partial charge in [0.2, 0.25) is 11.8 Å². The number of aliphatic hydroxyl groups is 1. The Morgan fingerprint density at radius 1 is 1.22 bits per heavy atom. The number of pyridine rings is 1. The molecule has 2 aromatic rings. The zero-order valence-electron chi connectivity index (χ0n) is 17.6. The molecule has 0 radical (unpaired) electrons. The molecule has 1 aromatic heterocycles. The molecule has 2 N–H and O–H groups in total. The monoisotopic (exact) mass is 445 g/mol. The fraction of sp³-hybridized carbons (Fsp3) is 0.435. The summed E-state index contributed by atoms with van der Waals surface area (Å²) in [6.45, 7) is 1.46. The van der Waals surface area contributed by atoms with Gasteiger partial charge in [-0.3, -0.25) is 9.59 Å². The molecule has 2 aliphatic rings. The second-order valence-electron chi connectivity index (χ2n) is 8.22. The zero-order valence-corrected chi connectivity index (χ0v) is 17.6. The van der Waals surface area contributed by atoms with Crippen LogP contribution in [-0.4, -0.2) is 64.9 Å². The number of aliphatic hydroxyl groups excluding tert-OH is 1. The van der Waals surface area contributed by atoms with E-state index >= 15 is 0 Å². The molecule has 1 aliphatic heterocycles. The lowest BCUT2D eigenvalue weighted by Gasteiger charge is -2.34. The number of nitrogens with one attached hydrogen (secondary N) is 1. The van der Waals surface area contributed by atoms with Crippen LogP contribution in [0.5, 0.6) is 5.75 Å². The van der Waals surface area contributed by atoms with Crippen molar-refractivity contribution in [3.63, 3.8) is 0 Å². The van der Waals surface area contributed by atoms with Gasteiger partial charge in [0.15, 0.2) is 6.17 Å². The number of carbonyl (C=O) groups is 2. The van der Waals surface area contributed by atoms with E-state index in [0.717, 1.165) is 16.7 Å². The first-order valence-electron chi connectivity index (χ1n) is 10.6. The summed E-state index contributed by atoms with van der Waals surface area (Å²) in [5, 5.41) is 11.6. The Kier molecular flexibility index (Phi) is 6.36. The van der Waals surface area contributed by atoms with Crippen molar-refractivity contribution >= 4 is 17.6 Å². The summed E-state index contributed by atoms with van der Waals surface area (Å²) in [5.74, 6) is -0.537. The van der Waals surface area contributed by atoms with Crippen LogP contribution in [0.15, 0.2) is 36.5 Å². The molecule has 170 valence electrons. The van der Waals surface area contributed by atoms with E-state index in [1.165, 1.54) is 4.90 Å². The fourth-order valence-electron chi connectivity index (χ4n) is 3.80. The highest BCUT2D eigenvalue weighted by molar-refractivity contribution is 5.94. The van der Waals surface area contributed by atoms with Crippen molar-refractivity contribution in [2.45, 2.75) is 38.2 Å². The number of amides is 2. The molecule has 1 saturated carbocycles. The zero-order chi connectivity index (χ0) is 22.8. The number of carbonyl (C=O) groups excluding carboxylic acids is 2. The number of hydrogen-bond donors (Lipinski definition) is 2. The number of likely N-dealkylation sites (tertiary alicyclic amines) is 1. The lowest BCUT2D eigenvalue weighted by molar-refractivity contribution is -0.138. The summed E-state index contributed by atoms with van der Waals surface area (Å²) in [6, 6.07) is 9.00. The molecule has 1 aromatic carbocycles. The SMILES string of the molecule is Cc1cc(-c2ccnc(NC(=O)[C@H]3C[C@H]3F)c2)ccc1O[C@H]1CCN(C(=O)CO)C[C@H]1F. The number of halogens is 2. The molecule has 7 nitrogen and oxygen atoms in total. The summed E-state index contributed by atoms with van der Waals surface area (Å²) < 4.78 is 33.5. The molecule has 1 aliphatic carbocycles. The van der Waals surface area contributed by atoms with Crippen LogP contribution in [0.25, 0.3) is 11.1 Å². The molecule has 0 bridgehead atoms. The van der Waals surface area contributed by atoms with Gasteiger partial charge in [0.25, 0.3) is 0 Å². The van der Waals surface area contributed by atoms with Crippen molar-refractivity contribution in [3.05, 3.63) is 42.1 Å². The van der Waals surface area contributed by atoms with Crippen molar-refractivity contribution < 1.29 is 28.2 Å². The van der Waals surface area contributed by atoms with Gasteiger partial charge in [0.1, 0.15) is 30.4 Å². The van der Waals surface area contributed by atoms with E-state index in [1.54, 1.807) is 24.4 Å². The van der Waals surface area contributed by atoms with Gasteiger partial charge in [0, 0.05) is 19.2 Å². The number of hydrogen-bond acceptors (Lipinski definition) is 5. The third-order valence-electron chi connectivity index (χ3n) is 5.82. The largest absolute Gasteiger partial charge is 0.487 e. The molecule has 0 unspecified atom stereocenters. The van der Waals surface area contributed by atoms with Gasteiger partial charge >= 0.3 is 0 Å². The molecule has 2 fully saturated rings. The number of aromatic nitrogens is 1. The normalized spacial score (nSPS) is 24.7. The second-order valence-corrected chi connectivity index (χ2v) is 8.22. The number of nitrogens with zero attached hydrogens (tertiary/aromatic N) is 2. The van der Waals surface area contributed by atoms with Crippen molar-refractivity contribution in [3.8, 4) is 16.9 Å². The van der Waals surface area contributed by atoms with Crippen molar-refractivity contribution in [1.29, 1.82) is 0 Å². The highest BCUT2D eigenvalue weighted by atomic mass is 19.1. The van der Waals surface area contributed by atoms with Crippen molar-refractivity contribution in [2.75, 3.05) is 25.0 Å². The lowest BCUT2D eigenvalue weighted by atomic mass is 10.0. The third-order valence-corrected chi connectivity index (χ3v) is 5.82. The van der Waals surface area contributed by atoms with Gasteiger partial charge < -0.3 is 20.1 Å². The minimum Gasteiger partial charge on any atom is -0.487 e. The van der Waals surface area contributed by atoms with E-state index in [1.807, 2.05) is 19.1 Å². The first-order chi connectivity index (χ1) is 15.4. The quantitative estimate of drug-likeness (QED) is 0.713. The van der Waals surface area contributed by atoms with Gasteiger partial charge in [-0.2, -0.15) is 0 Å². The molecule has 0 spiro atoms. The van der Waals surface area contributed by atoms with E-state index < -0.39 is 36.9 Å². The fourth-order valence-corrected chi connectivity index (χ4v) is 3.80. The number of anilines is 1. The number of rotatable bonds is 6. The maximum Gasteiger partial charge on any atom is 0.248 e. The summed E-state index contributed by atoms with van der Waals surface area (Å²) in [5.41, 5.74) is 2.49. The Balaban J connectivity index is 1.42. The van der Waals surface area contributed by atoms with Crippen LogP contribution in [0, 0.1) is 12.8 Å². The van der Waals surface area contributed by atoms with Crippen LogP contribution in [0.3, 0.4) is 0 Å². The lowest BCUT2D eigenvalue weighted by Crippen LogP contribution is -2.50. The Morgan fingerprint density at radius 3 is 2.62 bits per heavy atom. The van der Waals surface area contributed by atoms with Crippen molar-refractivity contribution in [2.24, 2.45) is 5.92 Å². The Morgan fingerprint density at radius 2 is 1.97 bits per heavy atom. The third kappa shape index (κ3) is 4.88. The second kappa shape index (κ2) is 9.20. The number of piperidine rings is 1. The molecular formula is C23H25F2N3O4. The average Bonchev–Trinajstić information content (AvgIpc) is 3.52. The summed E-state index contributed by atoms with van der Waals surface area (Å²) in [6.07, 6.45) is -0.934. The maximum absolute atomic E-state index is 14.5. The molecule has 2 amide bonds. The van der Waals surface area contributed by atoms with E-state index in [-0.39, 0.29) is 18.9 Å². The van der Waals surface area contributed by atoms with Gasteiger partial charge in [0.05, 0.1) is 12.5 Å². The summed E-state index contributed by atoms with van der Waals surface area (Å²) in [7, 11) is 0. The van der Waals surface area contributed by atoms with Crippen LogP contribution in [0.1, 0.15) is 18.4 Å². The van der Waals surface area contributed by atoms with Crippen molar-refractivity contribution in [1.82, 2.24) is 9.88 Å². The van der Waals surface area contributed by atoms with Crippen LogP contribution in [-0.2, 0) is 9.59 Å². The molecule has 4 rings (SSSR count). The maximum atomic E-state index is 14.5. The number of benzene rings is 1. The predicted octanol–water partition coefficient (Wildman–Crippen LogP) is 2.66. The van der Waals surface area contributed by atoms with Crippen LogP contribution in [0.2, 0.25) is 0 Å². The first-order valence-corrected chi connectivity index (χ1v) is 10.6. The summed E-state index contributed by atoms with van der Waals surface area (Å²) in [4.78, 5) is 28.9. The van der Waals surface area contributed by atoms with E-state index in [9.17, 15) is 18.4 Å². The van der Waals surface area contributed by atoms with E-state index in [2.05, 4.69) is 10.3 Å². The van der Waals surface area contributed by atoms with Gasteiger partial charge in [-0.15, -0.1) is 0 Å². The number of alkyl halides is 2. The van der Waals surface area contributed by atoms with Gasteiger partial charge in [-0.25, -0.2) is 13.8 Å². The molecule has 4 atom stereocenters. The molecule has 2 heterocycles. The predicted molar refractivity (Wildman–Crippen MR) is 114 cm³/mol. The Hall–Kier alpha value is -3.07. The number of ether oxygens (including phenoxy) is 1. The van der Waals surface area contributed by atoms with Crippen LogP contribution >= 0.6 is 0 Å². The average molecular weight is 445 g/mol. The molecular weight excluding hydrogens is 420 g/mol. The smallest absolute Gasteiger partial charge is 0.248 e. The van der Waals surface area contributed by atoms with Crippen LogP contribution < -0.4 is 10.1 Å². The molecule has 9 heteroatoms. The molecule has 32 heavy (non-hydrogen) atoms. The highest BCUT2D eigenvalue weighted by Crippen LogP contribution is 2.35. The Bertz CT molecular complexity index is 1020. The minimum absolute atomic E-state index is 0.100. The molecule has 1 saturated heterocycles. The standard InChI is InChI=1S/C23H25F2N3O4/c1-13-8-14(15-4-6-26-21(9-15)27-23(31)16-10-17(16)24)2-3-19(13)32-20-5-7-28(11-18(20)25)22(30)12-29/h2-4,6,8-9,16-18,20,29H,5,7,10-12H2,1H3,(H,26,27,31)/t16-,17+,18+,20-/m0/s1. The summed E-state index contributed by atoms with van der Waals surface area (Å²) >= 11 is 0. The van der Waals surface area contributed by atoms with Gasteiger partial charge in [-0.1, -0.05) is 6.07 Å². The number of aryl methyl sites for hydroxylation is 1. The topological polar surface area (TPSA) is 91.8 Å². The van der Waals surface area contributed by atoms with E-state index in [0.29, 0.717) is 24.5 Å². The van der Waals surface area contributed by atoms with Crippen LogP contribution in [0.4, 0.5) is 14.6 Å². The van der Waals surface area contributed by atoms with Gasteiger partial charge in [-0.05, 0) is 54.3 Å². The first kappa shape index (κ1) is 22.1. The Labute approximate surface area is 184 Å². The highest BCUT2D eigenvalue weighted by Gasteiger charge is 2.43. The van der Waals surface area contributed by atoms with E-state index in [4.69, 9.17) is 9.84 Å².